The van der Waals surface area contributed by atoms with Crippen molar-refractivity contribution in [3.05, 3.63) is 29.6 Å². The first-order valence-corrected chi connectivity index (χ1v) is 4.66. The maximum absolute atomic E-state index is 13.2. The van der Waals surface area contributed by atoms with Gasteiger partial charge in [0.25, 0.3) is 0 Å². The van der Waals surface area contributed by atoms with Crippen LogP contribution in [-0.4, -0.2) is 18.9 Å². The van der Waals surface area contributed by atoms with Crippen LogP contribution in [0.25, 0.3) is 0 Å². The van der Waals surface area contributed by atoms with E-state index >= 15 is 0 Å². The number of para-hydroxylation sites is 1. The number of rotatable bonds is 4. The monoisotopic (exact) mass is 211 g/mol. The van der Waals surface area contributed by atoms with Gasteiger partial charge in [-0.15, -0.1) is 0 Å². The second-order valence-electron chi connectivity index (χ2n) is 3.36. The quantitative estimate of drug-likeness (QED) is 0.816. The molecule has 0 radical (unpaired) electrons. The molecule has 1 unspecified atom stereocenters. The first-order chi connectivity index (χ1) is 7.06. The number of hydrogen-bond donors (Lipinski definition) is 1. The average molecular weight is 211 g/mol. The summed E-state index contributed by atoms with van der Waals surface area (Å²) in [6.07, 6.45) is 0.0958. The van der Waals surface area contributed by atoms with Gasteiger partial charge in [-0.25, -0.2) is 4.39 Å². The smallest absolute Gasteiger partial charge is 0.165 e. The summed E-state index contributed by atoms with van der Waals surface area (Å²) >= 11 is 0. The van der Waals surface area contributed by atoms with Crippen LogP contribution in [0.4, 0.5) is 4.39 Å². The molecule has 0 saturated heterocycles. The highest BCUT2D eigenvalue weighted by Crippen LogP contribution is 2.22. The average Bonchev–Trinajstić information content (AvgIpc) is 2.18. The lowest BCUT2D eigenvalue weighted by Crippen LogP contribution is -2.28. The first kappa shape index (κ1) is 11.7. The van der Waals surface area contributed by atoms with Gasteiger partial charge < -0.3 is 10.5 Å². The lowest BCUT2D eigenvalue weighted by Gasteiger charge is -2.09. The fourth-order valence-corrected chi connectivity index (χ4v) is 1.27. The summed E-state index contributed by atoms with van der Waals surface area (Å²) < 4.78 is 18.1. The lowest BCUT2D eigenvalue weighted by molar-refractivity contribution is -0.119. The normalized spacial score (nSPS) is 12.3. The lowest BCUT2D eigenvalue weighted by atomic mass is 10.0. The number of carbonyl (C=O) groups excluding carboxylic acids is 1. The first-order valence-electron chi connectivity index (χ1n) is 4.66. The number of carbonyl (C=O) groups is 1. The summed E-state index contributed by atoms with van der Waals surface area (Å²) in [5.74, 6) is -0.488. The summed E-state index contributed by atoms with van der Waals surface area (Å²) in [5.41, 5.74) is 5.96. The zero-order chi connectivity index (χ0) is 11.4. The van der Waals surface area contributed by atoms with Crippen molar-refractivity contribution >= 4 is 5.78 Å². The molecule has 1 atom stereocenters. The van der Waals surface area contributed by atoms with Gasteiger partial charge in [0.1, 0.15) is 0 Å². The van der Waals surface area contributed by atoms with E-state index in [0.29, 0.717) is 5.56 Å². The van der Waals surface area contributed by atoms with Gasteiger partial charge in [-0.3, -0.25) is 4.79 Å². The fraction of sp³-hybridized carbons (Fsp3) is 0.364. The predicted octanol–water partition coefficient (Wildman–Crippen LogP) is 1.29. The molecule has 2 N–H and O–H groups in total. The van der Waals surface area contributed by atoms with Gasteiger partial charge in [0.15, 0.2) is 17.3 Å². The minimum absolute atomic E-state index is 0.0958. The van der Waals surface area contributed by atoms with Crippen LogP contribution in [-0.2, 0) is 11.2 Å². The molecule has 15 heavy (non-hydrogen) atoms. The van der Waals surface area contributed by atoms with E-state index < -0.39 is 11.9 Å². The second-order valence-corrected chi connectivity index (χ2v) is 3.36. The van der Waals surface area contributed by atoms with Gasteiger partial charge in [-0.1, -0.05) is 12.1 Å². The Hall–Kier alpha value is -1.42. The van der Waals surface area contributed by atoms with Gasteiger partial charge in [0.2, 0.25) is 0 Å². The fourth-order valence-electron chi connectivity index (χ4n) is 1.27. The Kier molecular flexibility index (Phi) is 3.80. The third-order valence-electron chi connectivity index (χ3n) is 2.13. The molecular weight excluding hydrogens is 197 g/mol. The summed E-state index contributed by atoms with van der Waals surface area (Å²) in [6.45, 7) is 1.61. The van der Waals surface area contributed by atoms with E-state index in [2.05, 4.69) is 0 Å². The standard InChI is InChI=1S/C11H14FNO2/c1-7(13)10(14)6-8-4-3-5-9(12)11(8)15-2/h3-5,7H,6,13H2,1-2H3. The maximum atomic E-state index is 13.2. The number of methoxy groups -OCH3 is 1. The number of halogens is 1. The third kappa shape index (κ3) is 2.76. The molecule has 0 heterocycles. The second kappa shape index (κ2) is 4.89. The van der Waals surface area contributed by atoms with Crippen LogP contribution in [0.1, 0.15) is 12.5 Å². The van der Waals surface area contributed by atoms with Crippen LogP contribution >= 0.6 is 0 Å². The molecule has 0 aliphatic carbocycles. The molecule has 0 spiro atoms. The third-order valence-corrected chi connectivity index (χ3v) is 2.13. The molecule has 0 bridgehead atoms. The van der Waals surface area contributed by atoms with Crippen molar-refractivity contribution in [2.45, 2.75) is 19.4 Å². The van der Waals surface area contributed by atoms with Crippen LogP contribution in [0.2, 0.25) is 0 Å². The molecule has 3 nitrogen and oxygen atoms in total. The molecule has 0 saturated carbocycles. The van der Waals surface area contributed by atoms with Crippen LogP contribution < -0.4 is 10.5 Å². The largest absolute Gasteiger partial charge is 0.493 e. The van der Waals surface area contributed by atoms with Gasteiger partial charge >= 0.3 is 0 Å². The number of Topliss-reactive ketones (excluding diaryl/α,β-unsaturated/α-hetero) is 1. The zero-order valence-corrected chi connectivity index (χ0v) is 8.79. The van der Waals surface area contributed by atoms with Crippen molar-refractivity contribution in [1.82, 2.24) is 0 Å². The molecular formula is C11H14FNO2. The summed E-state index contributed by atoms with van der Waals surface area (Å²) in [7, 11) is 1.37. The molecule has 4 heteroatoms. The Morgan fingerprint density at radius 2 is 2.27 bits per heavy atom. The van der Waals surface area contributed by atoms with E-state index in [1.165, 1.54) is 13.2 Å². The Morgan fingerprint density at radius 3 is 2.80 bits per heavy atom. The van der Waals surface area contributed by atoms with Crippen LogP contribution in [0.3, 0.4) is 0 Å². The molecule has 0 aliphatic rings. The highest BCUT2D eigenvalue weighted by atomic mass is 19.1. The topological polar surface area (TPSA) is 52.3 Å². The molecule has 0 amide bonds. The summed E-state index contributed by atoms with van der Waals surface area (Å²) in [4.78, 5) is 11.4. The van der Waals surface area contributed by atoms with Crippen molar-refractivity contribution in [3.63, 3.8) is 0 Å². The predicted molar refractivity (Wildman–Crippen MR) is 55.3 cm³/mol. The van der Waals surface area contributed by atoms with E-state index in [1.807, 2.05) is 0 Å². The van der Waals surface area contributed by atoms with Crippen molar-refractivity contribution < 1.29 is 13.9 Å². The molecule has 0 aromatic heterocycles. The van der Waals surface area contributed by atoms with Crippen molar-refractivity contribution in [2.75, 3.05) is 7.11 Å². The van der Waals surface area contributed by atoms with E-state index in [9.17, 15) is 9.18 Å². The summed E-state index contributed by atoms with van der Waals surface area (Å²) in [5, 5.41) is 0. The van der Waals surface area contributed by atoms with Gasteiger partial charge in [0, 0.05) is 12.0 Å². The number of ether oxygens (including phenoxy) is 1. The number of ketones is 1. The summed E-state index contributed by atoms with van der Waals surface area (Å²) in [6, 6.07) is 3.95. The van der Waals surface area contributed by atoms with Crippen LogP contribution in [0.5, 0.6) is 5.75 Å². The van der Waals surface area contributed by atoms with Crippen molar-refractivity contribution in [2.24, 2.45) is 5.73 Å². The van der Waals surface area contributed by atoms with E-state index in [4.69, 9.17) is 10.5 Å². The SMILES string of the molecule is COc1c(F)cccc1CC(=O)C(C)N. The number of hydrogen-bond acceptors (Lipinski definition) is 3. The van der Waals surface area contributed by atoms with Gasteiger partial charge in [-0.2, -0.15) is 0 Å². The zero-order valence-electron chi connectivity index (χ0n) is 8.79. The van der Waals surface area contributed by atoms with Crippen LogP contribution in [0, 0.1) is 5.82 Å². The van der Waals surface area contributed by atoms with E-state index in [-0.39, 0.29) is 18.0 Å². The Bertz CT molecular complexity index is 364. The maximum Gasteiger partial charge on any atom is 0.165 e. The number of nitrogens with two attached hydrogens (primary N) is 1. The van der Waals surface area contributed by atoms with Crippen LogP contribution in [0.15, 0.2) is 18.2 Å². The van der Waals surface area contributed by atoms with E-state index in [1.54, 1.807) is 19.1 Å². The molecule has 1 aromatic carbocycles. The highest BCUT2D eigenvalue weighted by molar-refractivity contribution is 5.86. The Morgan fingerprint density at radius 1 is 1.60 bits per heavy atom. The molecule has 82 valence electrons. The van der Waals surface area contributed by atoms with Crippen molar-refractivity contribution in [3.8, 4) is 5.75 Å². The molecule has 0 fully saturated rings. The Balaban J connectivity index is 2.94. The van der Waals surface area contributed by atoms with Gasteiger partial charge in [0.05, 0.1) is 13.2 Å². The van der Waals surface area contributed by atoms with E-state index in [0.717, 1.165) is 0 Å². The Labute approximate surface area is 88.0 Å². The minimum Gasteiger partial charge on any atom is -0.493 e. The molecule has 0 aliphatic heterocycles. The molecule has 1 aromatic rings. The van der Waals surface area contributed by atoms with Gasteiger partial charge in [-0.05, 0) is 13.0 Å². The van der Waals surface area contributed by atoms with Crippen molar-refractivity contribution in [1.29, 1.82) is 0 Å². The molecule has 1 rings (SSSR count). The minimum atomic E-state index is -0.544. The highest BCUT2D eigenvalue weighted by Gasteiger charge is 2.14. The number of benzene rings is 1.